The summed E-state index contributed by atoms with van der Waals surface area (Å²) >= 11 is 0. The highest BCUT2D eigenvalue weighted by Gasteiger charge is 2.59. The van der Waals surface area contributed by atoms with Gasteiger partial charge in [-0.05, 0) is 157 Å². The van der Waals surface area contributed by atoms with Gasteiger partial charge in [0, 0.05) is 19.8 Å². The van der Waals surface area contributed by atoms with Crippen LogP contribution in [0.5, 0.6) is 0 Å². The monoisotopic (exact) mass is 838 g/mol. The predicted molar refractivity (Wildman–Crippen MR) is 260 cm³/mol. The van der Waals surface area contributed by atoms with Gasteiger partial charge in [-0.3, -0.25) is 0 Å². The first-order valence-corrected chi connectivity index (χ1v) is 26.9. The van der Waals surface area contributed by atoms with E-state index in [9.17, 15) is 0 Å². The van der Waals surface area contributed by atoms with Gasteiger partial charge in [-0.1, -0.05) is 155 Å². The molecule has 4 aliphatic carbocycles. The van der Waals surface area contributed by atoms with Gasteiger partial charge in [-0.25, -0.2) is 0 Å². The van der Waals surface area contributed by atoms with E-state index in [1.165, 1.54) is 180 Å². The minimum Gasteiger partial charge on any atom is -0.380 e. The second-order valence-electron chi connectivity index (χ2n) is 22.1. The molecular formula is C56H103NO3. The Bertz CT molecular complexity index is 1160. The van der Waals surface area contributed by atoms with Crippen molar-refractivity contribution in [3.05, 3.63) is 23.8 Å². The molecular weight excluding hydrogens is 735 g/mol. The van der Waals surface area contributed by atoms with Crippen LogP contribution in [0.1, 0.15) is 228 Å². The minimum atomic E-state index is 0.335. The predicted octanol–water partition coefficient (Wildman–Crippen LogP) is 16.0. The normalized spacial score (nSPS) is 28.9. The topological polar surface area (TPSA) is 30.9 Å². The lowest BCUT2D eigenvalue weighted by Crippen LogP contribution is -2.51. The van der Waals surface area contributed by atoms with Gasteiger partial charge in [-0.2, -0.15) is 0 Å². The molecule has 2 unspecified atom stereocenters. The second-order valence-corrected chi connectivity index (χ2v) is 22.1. The maximum Gasteiger partial charge on any atom is 0.0644 e. The average Bonchev–Trinajstić information content (AvgIpc) is 3.59. The Kier molecular flexibility index (Phi) is 25.1. The van der Waals surface area contributed by atoms with Crippen LogP contribution in [-0.4, -0.2) is 64.2 Å². The molecule has 0 saturated heterocycles. The van der Waals surface area contributed by atoms with E-state index in [1.807, 2.05) is 0 Å². The molecule has 0 spiro atoms. The van der Waals surface area contributed by atoms with E-state index in [0.717, 1.165) is 75.0 Å². The number of unbranched alkanes of at least 4 members (excludes halogenated alkanes) is 15. The summed E-state index contributed by atoms with van der Waals surface area (Å²) in [5.74, 6) is 5.48. The molecule has 4 nitrogen and oxygen atoms in total. The number of fused-ring (bicyclic) bond motifs is 5. The third-order valence-corrected chi connectivity index (χ3v) is 16.9. The van der Waals surface area contributed by atoms with Gasteiger partial charge in [0.05, 0.1) is 25.4 Å². The number of allylic oxidation sites excluding steroid dienone is 3. The van der Waals surface area contributed by atoms with E-state index in [-0.39, 0.29) is 0 Å². The highest BCUT2D eigenvalue weighted by molar-refractivity contribution is 5.25. The molecule has 4 rings (SSSR count). The first kappa shape index (κ1) is 51.9. The average molecular weight is 838 g/mol. The van der Waals surface area contributed by atoms with E-state index >= 15 is 0 Å². The lowest BCUT2D eigenvalue weighted by molar-refractivity contribution is -0.0641. The molecule has 60 heavy (non-hydrogen) atoms. The Morgan fingerprint density at radius 3 is 1.88 bits per heavy atom. The van der Waals surface area contributed by atoms with Gasteiger partial charge in [-0.15, -0.1) is 0 Å². The fourth-order valence-corrected chi connectivity index (χ4v) is 12.9. The molecule has 0 aromatic carbocycles. The fraction of sp³-hybridized carbons (Fsp3) is 0.929. The van der Waals surface area contributed by atoms with Crippen LogP contribution in [0.3, 0.4) is 0 Å². The number of rotatable bonds is 34. The van der Waals surface area contributed by atoms with Crippen LogP contribution in [0.15, 0.2) is 23.8 Å². The van der Waals surface area contributed by atoms with Crippen molar-refractivity contribution < 1.29 is 14.2 Å². The van der Waals surface area contributed by atoms with Crippen LogP contribution < -0.4 is 0 Å². The standard InChI is InChI=1S/C56H103NO3/c1-9-10-11-12-13-14-15-16-17-18-19-20-21-22-23-26-40-58-44-49(57(7)8)45-59-41-27-24-25-28-42-60-50-36-38-55(5)48(43-50)32-33-51-53-35-34-52(47(4)31-29-30-46(2)3)56(53,6)39-37-54(51)55/h16-17,32,46-47,49-54H,9-15,18-31,33-45H2,1-8H3/t47-,49+,50+,51+,52-,53?,54?,55+,56-/m1/s1. The summed E-state index contributed by atoms with van der Waals surface area (Å²) in [6.45, 7) is 19.3. The molecule has 3 fully saturated rings. The van der Waals surface area contributed by atoms with E-state index in [1.54, 1.807) is 5.57 Å². The smallest absolute Gasteiger partial charge is 0.0644 e. The molecule has 0 aromatic heterocycles. The quantitative estimate of drug-likeness (QED) is 0.0477. The highest BCUT2D eigenvalue weighted by atomic mass is 16.5. The van der Waals surface area contributed by atoms with Gasteiger partial charge < -0.3 is 19.1 Å². The third kappa shape index (κ3) is 17.0. The summed E-state index contributed by atoms with van der Waals surface area (Å²) in [6, 6.07) is 0.335. The molecule has 0 aliphatic heterocycles. The Hall–Kier alpha value is -0.680. The number of ether oxygens (including phenoxy) is 3. The Balaban J connectivity index is 0.976. The van der Waals surface area contributed by atoms with E-state index in [0.29, 0.717) is 23.0 Å². The van der Waals surface area contributed by atoms with Crippen molar-refractivity contribution in [2.45, 2.75) is 240 Å². The molecule has 0 amide bonds. The fourth-order valence-electron chi connectivity index (χ4n) is 12.9. The van der Waals surface area contributed by atoms with Crippen LogP contribution in [0, 0.1) is 46.3 Å². The number of likely N-dealkylation sites (N-methyl/N-ethyl adjacent to an activating group) is 1. The van der Waals surface area contributed by atoms with Crippen LogP contribution >= 0.6 is 0 Å². The van der Waals surface area contributed by atoms with E-state index < -0.39 is 0 Å². The zero-order valence-corrected chi connectivity index (χ0v) is 41.6. The summed E-state index contributed by atoms with van der Waals surface area (Å²) in [5.41, 5.74) is 2.78. The lowest BCUT2D eigenvalue weighted by Gasteiger charge is -2.58. The van der Waals surface area contributed by atoms with Gasteiger partial charge in [0.25, 0.3) is 0 Å². The van der Waals surface area contributed by atoms with Crippen molar-refractivity contribution in [2.75, 3.05) is 47.1 Å². The summed E-state index contributed by atoms with van der Waals surface area (Å²) in [7, 11) is 4.31. The van der Waals surface area contributed by atoms with Gasteiger partial charge in [0.15, 0.2) is 0 Å². The van der Waals surface area contributed by atoms with Crippen LogP contribution in [0.25, 0.3) is 0 Å². The van der Waals surface area contributed by atoms with Crippen molar-refractivity contribution in [3.8, 4) is 0 Å². The first-order valence-electron chi connectivity index (χ1n) is 26.9. The molecule has 0 N–H and O–H groups in total. The molecule has 350 valence electrons. The Labute approximate surface area is 375 Å². The third-order valence-electron chi connectivity index (χ3n) is 16.9. The van der Waals surface area contributed by atoms with Crippen LogP contribution in [-0.2, 0) is 14.2 Å². The summed E-state index contributed by atoms with van der Waals surface area (Å²) in [4.78, 5) is 2.26. The van der Waals surface area contributed by atoms with Crippen molar-refractivity contribution >= 4 is 0 Å². The molecule has 4 heteroatoms. The maximum atomic E-state index is 6.59. The molecule has 0 bridgehead atoms. The number of hydrogen-bond acceptors (Lipinski definition) is 4. The maximum absolute atomic E-state index is 6.59. The highest BCUT2D eigenvalue weighted by Crippen LogP contribution is 2.67. The first-order chi connectivity index (χ1) is 29.1. The van der Waals surface area contributed by atoms with Gasteiger partial charge >= 0.3 is 0 Å². The molecule has 0 heterocycles. The number of nitrogens with zero attached hydrogens (tertiary/aromatic N) is 1. The molecule has 9 atom stereocenters. The van der Waals surface area contributed by atoms with E-state index in [2.05, 4.69) is 78.8 Å². The number of hydrogen-bond donors (Lipinski definition) is 0. The van der Waals surface area contributed by atoms with Crippen molar-refractivity contribution in [3.63, 3.8) is 0 Å². The SMILES string of the molecule is CCCCCCCCC=CCCCCCCCCOC[C@@H](COCCCCCCO[C@H]1CC[C@@]2(C)C(=CC[C@@H]3C2CC[C@@]2(C)C3CC[C@@H]2[C@H](C)CCCC(C)C)C1)N(C)C. The molecule has 3 saturated carbocycles. The van der Waals surface area contributed by atoms with E-state index in [4.69, 9.17) is 14.2 Å². The molecule has 0 radical (unpaired) electrons. The van der Waals surface area contributed by atoms with Crippen LogP contribution in [0.2, 0.25) is 0 Å². The lowest BCUT2D eigenvalue weighted by atomic mass is 9.47. The van der Waals surface area contributed by atoms with Crippen molar-refractivity contribution in [1.82, 2.24) is 4.90 Å². The summed E-state index contributed by atoms with van der Waals surface area (Å²) in [5, 5.41) is 0. The van der Waals surface area contributed by atoms with Crippen molar-refractivity contribution in [1.29, 1.82) is 0 Å². The second kappa shape index (κ2) is 29.0. The zero-order chi connectivity index (χ0) is 43.1. The van der Waals surface area contributed by atoms with Crippen molar-refractivity contribution in [2.24, 2.45) is 46.3 Å². The molecule has 4 aliphatic rings. The van der Waals surface area contributed by atoms with Gasteiger partial charge in [0.2, 0.25) is 0 Å². The Morgan fingerprint density at radius 2 is 1.27 bits per heavy atom. The summed E-state index contributed by atoms with van der Waals surface area (Å²) in [6.07, 6.45) is 47.0. The van der Waals surface area contributed by atoms with Crippen LogP contribution in [0.4, 0.5) is 0 Å². The molecule has 0 aromatic rings. The minimum absolute atomic E-state index is 0.335. The largest absolute Gasteiger partial charge is 0.380 e. The summed E-state index contributed by atoms with van der Waals surface area (Å²) < 4.78 is 18.8. The Morgan fingerprint density at radius 1 is 0.667 bits per heavy atom. The zero-order valence-electron chi connectivity index (χ0n) is 41.6. The van der Waals surface area contributed by atoms with Gasteiger partial charge in [0.1, 0.15) is 0 Å².